The quantitative estimate of drug-likeness (QED) is 0.565. The Balaban J connectivity index is 1.54. The highest BCUT2D eigenvalue weighted by Gasteiger charge is 2.10. The molecule has 0 aliphatic carbocycles. The fourth-order valence-electron chi connectivity index (χ4n) is 2.80. The molecule has 0 saturated carbocycles. The number of nitrogen functional groups attached to an aromatic ring is 1. The van der Waals surface area contributed by atoms with Crippen molar-refractivity contribution in [2.45, 2.75) is 6.54 Å². The van der Waals surface area contributed by atoms with Crippen LogP contribution < -0.4 is 16.0 Å². The molecule has 0 unspecified atom stereocenters. The third-order valence-electron chi connectivity index (χ3n) is 4.31. The van der Waals surface area contributed by atoms with Crippen LogP contribution in [0.2, 0.25) is 0 Å². The minimum absolute atomic E-state index is 0.365. The van der Waals surface area contributed by atoms with E-state index in [2.05, 4.69) is 31.3 Å². The van der Waals surface area contributed by atoms with Gasteiger partial charge in [0.1, 0.15) is 0 Å². The maximum atomic E-state index is 6.01. The number of nitrogens with one attached hydrogen (secondary N) is 1. The van der Waals surface area contributed by atoms with Crippen molar-refractivity contribution in [1.29, 1.82) is 0 Å². The number of fused-ring (bicyclic) bond motifs is 1. The molecule has 134 valence electrons. The van der Waals surface area contributed by atoms with Gasteiger partial charge in [0, 0.05) is 43.3 Å². The van der Waals surface area contributed by atoms with Gasteiger partial charge < -0.3 is 16.0 Å². The second-order valence-electron chi connectivity index (χ2n) is 6.11. The molecule has 3 N–H and O–H groups in total. The average molecular weight is 357 g/mol. The van der Waals surface area contributed by atoms with Crippen molar-refractivity contribution in [3.8, 4) is 0 Å². The fourth-order valence-corrected chi connectivity index (χ4v) is 2.80. The highest BCUT2D eigenvalue weighted by molar-refractivity contribution is 5.79. The molecule has 3 heterocycles. The lowest BCUT2D eigenvalue weighted by molar-refractivity contribution is 1.05. The Labute approximate surface area is 156 Å². The fraction of sp³-hybridized carbons (Fsp3) is 0.100. The number of hydrogen-bond acceptors (Lipinski definition) is 7. The van der Waals surface area contributed by atoms with Gasteiger partial charge >= 0.3 is 0 Å². The van der Waals surface area contributed by atoms with Crippen LogP contribution in [0.25, 0.3) is 10.9 Å². The molecule has 7 nitrogen and oxygen atoms in total. The van der Waals surface area contributed by atoms with E-state index in [0.29, 0.717) is 24.0 Å². The Morgan fingerprint density at radius 2 is 1.89 bits per heavy atom. The standard InChI is InChI=1S/C20H19N7/c1-27(16-6-9-22-10-7-16)18-13-24-19(21)20(26-18)25-12-14-4-5-17-15(11-14)3-2-8-23-17/h2-11,13H,12H2,1H3,(H2,21,24)(H,25,26). The first-order valence-electron chi connectivity index (χ1n) is 8.54. The number of nitrogens with zero attached hydrogens (tertiary/aromatic N) is 5. The Bertz CT molecular complexity index is 1070. The lowest BCUT2D eigenvalue weighted by atomic mass is 10.1. The van der Waals surface area contributed by atoms with Crippen molar-refractivity contribution < 1.29 is 0 Å². The van der Waals surface area contributed by atoms with Crippen molar-refractivity contribution in [2.75, 3.05) is 23.0 Å². The van der Waals surface area contributed by atoms with E-state index in [1.165, 1.54) is 0 Å². The zero-order chi connectivity index (χ0) is 18.6. The van der Waals surface area contributed by atoms with Crippen LogP contribution in [0.15, 0.2) is 67.3 Å². The maximum absolute atomic E-state index is 6.01. The first-order valence-corrected chi connectivity index (χ1v) is 8.54. The number of nitrogens with two attached hydrogens (primary N) is 1. The summed E-state index contributed by atoms with van der Waals surface area (Å²) in [5.74, 6) is 1.62. The van der Waals surface area contributed by atoms with Gasteiger partial charge in [-0.3, -0.25) is 9.97 Å². The molecular weight excluding hydrogens is 338 g/mol. The summed E-state index contributed by atoms with van der Waals surface area (Å²) < 4.78 is 0. The van der Waals surface area contributed by atoms with Crippen LogP contribution in [0.3, 0.4) is 0 Å². The zero-order valence-electron chi connectivity index (χ0n) is 14.9. The van der Waals surface area contributed by atoms with Crippen molar-refractivity contribution in [3.05, 3.63) is 72.8 Å². The summed E-state index contributed by atoms with van der Waals surface area (Å²) in [4.78, 5) is 19.2. The van der Waals surface area contributed by atoms with E-state index in [1.54, 1.807) is 24.8 Å². The predicted octanol–water partition coefficient (Wildman–Crippen LogP) is 3.38. The van der Waals surface area contributed by atoms with Gasteiger partial charge in [0.15, 0.2) is 17.5 Å². The number of pyridine rings is 2. The maximum Gasteiger partial charge on any atom is 0.171 e. The minimum atomic E-state index is 0.365. The van der Waals surface area contributed by atoms with Gasteiger partial charge in [0.2, 0.25) is 0 Å². The van der Waals surface area contributed by atoms with Crippen molar-refractivity contribution in [1.82, 2.24) is 19.9 Å². The summed E-state index contributed by atoms with van der Waals surface area (Å²) in [5.41, 5.74) is 9.07. The van der Waals surface area contributed by atoms with Gasteiger partial charge in [-0.1, -0.05) is 12.1 Å². The van der Waals surface area contributed by atoms with Crippen LogP contribution in [0.1, 0.15) is 5.56 Å². The lowest BCUT2D eigenvalue weighted by Gasteiger charge is -2.19. The highest BCUT2D eigenvalue weighted by atomic mass is 15.2. The van der Waals surface area contributed by atoms with Gasteiger partial charge in [0.25, 0.3) is 0 Å². The molecule has 0 amide bonds. The zero-order valence-corrected chi connectivity index (χ0v) is 14.9. The van der Waals surface area contributed by atoms with Crippen molar-refractivity contribution in [2.24, 2.45) is 0 Å². The summed E-state index contributed by atoms with van der Waals surface area (Å²) in [5, 5.41) is 4.38. The van der Waals surface area contributed by atoms with Gasteiger partial charge in [0.05, 0.1) is 11.7 Å². The molecular formula is C20H19N7. The Hall–Kier alpha value is -3.74. The Morgan fingerprint density at radius 1 is 1.04 bits per heavy atom. The van der Waals surface area contributed by atoms with E-state index in [-0.39, 0.29) is 0 Å². The van der Waals surface area contributed by atoms with Crippen LogP contribution >= 0.6 is 0 Å². The molecule has 0 bridgehead atoms. The first-order chi connectivity index (χ1) is 13.2. The summed E-state index contributed by atoms with van der Waals surface area (Å²) in [7, 11) is 1.93. The molecule has 0 spiro atoms. The Morgan fingerprint density at radius 3 is 2.74 bits per heavy atom. The van der Waals surface area contributed by atoms with Crippen LogP contribution in [-0.4, -0.2) is 27.0 Å². The molecule has 27 heavy (non-hydrogen) atoms. The number of benzene rings is 1. The predicted molar refractivity (Wildman–Crippen MR) is 108 cm³/mol. The largest absolute Gasteiger partial charge is 0.381 e. The van der Waals surface area contributed by atoms with E-state index in [4.69, 9.17) is 5.73 Å². The van der Waals surface area contributed by atoms with Gasteiger partial charge in [-0.05, 0) is 35.9 Å². The van der Waals surface area contributed by atoms with Crippen molar-refractivity contribution in [3.63, 3.8) is 0 Å². The van der Waals surface area contributed by atoms with Gasteiger partial charge in [-0.2, -0.15) is 0 Å². The third kappa shape index (κ3) is 3.62. The number of anilines is 4. The monoisotopic (exact) mass is 357 g/mol. The van der Waals surface area contributed by atoms with Crippen LogP contribution in [0.5, 0.6) is 0 Å². The van der Waals surface area contributed by atoms with E-state index in [1.807, 2.05) is 48.3 Å². The SMILES string of the molecule is CN(c1ccncc1)c1cnc(N)c(NCc2ccc3ncccc3c2)n1. The van der Waals surface area contributed by atoms with Crippen LogP contribution in [0.4, 0.5) is 23.1 Å². The van der Waals surface area contributed by atoms with Crippen LogP contribution in [0, 0.1) is 0 Å². The number of rotatable bonds is 5. The topological polar surface area (TPSA) is 92.9 Å². The second kappa shape index (κ2) is 7.25. The molecule has 7 heteroatoms. The summed E-state index contributed by atoms with van der Waals surface area (Å²) in [6, 6.07) is 14.0. The second-order valence-corrected chi connectivity index (χ2v) is 6.11. The van der Waals surface area contributed by atoms with E-state index in [0.717, 1.165) is 22.2 Å². The van der Waals surface area contributed by atoms with Gasteiger partial charge in [-0.15, -0.1) is 0 Å². The molecule has 1 aromatic carbocycles. The molecule has 0 fully saturated rings. The van der Waals surface area contributed by atoms with Gasteiger partial charge in [-0.25, -0.2) is 9.97 Å². The average Bonchev–Trinajstić information content (AvgIpc) is 2.73. The van der Waals surface area contributed by atoms with Crippen molar-refractivity contribution >= 4 is 34.0 Å². The van der Waals surface area contributed by atoms with E-state index in [9.17, 15) is 0 Å². The lowest BCUT2D eigenvalue weighted by Crippen LogP contribution is -2.14. The van der Waals surface area contributed by atoms with E-state index >= 15 is 0 Å². The molecule has 0 atom stereocenters. The minimum Gasteiger partial charge on any atom is -0.381 e. The number of hydrogen-bond donors (Lipinski definition) is 2. The molecule has 4 aromatic rings. The third-order valence-corrected chi connectivity index (χ3v) is 4.31. The molecule has 3 aromatic heterocycles. The number of aromatic nitrogens is 4. The van der Waals surface area contributed by atoms with E-state index < -0.39 is 0 Å². The smallest absolute Gasteiger partial charge is 0.171 e. The summed E-state index contributed by atoms with van der Waals surface area (Å²) in [6.07, 6.45) is 6.93. The van der Waals surface area contributed by atoms with Crippen LogP contribution in [-0.2, 0) is 6.54 Å². The summed E-state index contributed by atoms with van der Waals surface area (Å²) in [6.45, 7) is 0.589. The molecule has 0 radical (unpaired) electrons. The highest BCUT2D eigenvalue weighted by Crippen LogP contribution is 2.24. The molecule has 0 saturated heterocycles. The molecule has 0 aliphatic heterocycles. The molecule has 4 rings (SSSR count). The normalized spacial score (nSPS) is 10.7. The Kier molecular flexibility index (Phi) is 4.49. The first kappa shape index (κ1) is 16.7. The molecule has 0 aliphatic rings. The summed E-state index contributed by atoms with van der Waals surface area (Å²) >= 11 is 0.